The first-order valence-electron chi connectivity index (χ1n) is 2.99. The highest BCUT2D eigenvalue weighted by Crippen LogP contribution is 1.84. The molecule has 0 saturated carbocycles. The topological polar surface area (TPSA) is 122 Å². The van der Waals surface area contributed by atoms with Gasteiger partial charge in [0.05, 0.1) is 0 Å². The van der Waals surface area contributed by atoms with E-state index in [4.69, 9.17) is 4.55 Å². The Labute approximate surface area is 71.6 Å². The van der Waals surface area contributed by atoms with Crippen LogP contribution in [0.1, 0.15) is 0 Å². The Hall–Kier alpha value is -1.48. The minimum atomic E-state index is -4.35. The zero-order valence-corrected chi connectivity index (χ0v) is 6.98. The monoisotopic (exact) mass is 207 g/mol. The lowest BCUT2D eigenvalue weighted by Crippen LogP contribution is -2.37. The van der Waals surface area contributed by atoms with Crippen molar-refractivity contribution in [2.75, 3.05) is 0 Å². The molecular formula is C4H5N3O5S. The van der Waals surface area contributed by atoms with Crippen LogP contribution in [-0.2, 0) is 16.0 Å². The van der Waals surface area contributed by atoms with E-state index in [2.05, 4.69) is 5.10 Å². The van der Waals surface area contributed by atoms with Gasteiger partial charge >= 0.3 is 11.1 Å². The van der Waals surface area contributed by atoms with Gasteiger partial charge in [0.1, 0.15) is 6.33 Å². The maximum Gasteiger partial charge on any atom is 0.330 e. The predicted molar refractivity (Wildman–Crippen MR) is 40.7 cm³/mol. The van der Waals surface area contributed by atoms with Crippen molar-refractivity contribution in [1.82, 2.24) is 14.8 Å². The second kappa shape index (κ2) is 3.11. The van der Waals surface area contributed by atoms with Crippen molar-refractivity contribution in [3.8, 4) is 0 Å². The van der Waals surface area contributed by atoms with Crippen molar-refractivity contribution in [2.45, 2.75) is 5.88 Å². The summed E-state index contributed by atoms with van der Waals surface area (Å²) in [6, 6.07) is 0. The minimum absolute atomic E-state index is 0.480. The van der Waals surface area contributed by atoms with Crippen LogP contribution in [0.25, 0.3) is 0 Å². The molecule has 0 spiro atoms. The molecule has 8 nitrogen and oxygen atoms in total. The molecule has 0 aliphatic carbocycles. The minimum Gasteiger partial charge on any atom is -0.284 e. The molecule has 1 heterocycles. The van der Waals surface area contributed by atoms with Crippen LogP contribution >= 0.6 is 0 Å². The third-order valence-electron chi connectivity index (χ3n) is 1.12. The lowest BCUT2D eigenvalue weighted by atomic mass is 10.8. The van der Waals surface area contributed by atoms with Gasteiger partial charge in [-0.1, -0.05) is 0 Å². The summed E-state index contributed by atoms with van der Waals surface area (Å²) < 4.78 is 29.5. The second-order valence-electron chi connectivity index (χ2n) is 2.17. The molecule has 0 unspecified atom stereocenters. The highest BCUT2D eigenvalue weighted by molar-refractivity contribution is 7.84. The number of aromatic nitrogens is 3. The molecule has 0 bridgehead atoms. The van der Waals surface area contributed by atoms with Crippen LogP contribution in [0.3, 0.4) is 0 Å². The molecule has 0 fully saturated rings. The van der Waals surface area contributed by atoms with E-state index in [9.17, 15) is 18.0 Å². The van der Waals surface area contributed by atoms with Crippen LogP contribution in [0.2, 0.25) is 0 Å². The number of H-pyrrole nitrogens is 1. The number of nitrogens with zero attached hydrogens (tertiary/aromatic N) is 2. The van der Waals surface area contributed by atoms with Crippen LogP contribution in [-0.4, -0.2) is 27.7 Å². The van der Waals surface area contributed by atoms with Gasteiger partial charge in [0.15, 0.2) is 5.88 Å². The number of hydrogen-bond donors (Lipinski definition) is 2. The van der Waals surface area contributed by atoms with Crippen molar-refractivity contribution in [3.05, 3.63) is 27.0 Å². The summed E-state index contributed by atoms with van der Waals surface area (Å²) in [5.74, 6) is -0.983. The van der Waals surface area contributed by atoms with Gasteiger partial charge in [-0.3, -0.25) is 18.7 Å². The Balaban J connectivity index is 3.26. The standard InChI is InChI=1S/C4H5N3O5S/c8-3-4(9)7(1-5-6-3)2-13(10,11)12/h1H,2H2,(H,6,8)(H,10,11,12). The number of aromatic amines is 1. The molecule has 0 amide bonds. The Morgan fingerprint density at radius 2 is 2.15 bits per heavy atom. The summed E-state index contributed by atoms with van der Waals surface area (Å²) in [4.78, 5) is 21.4. The molecule has 13 heavy (non-hydrogen) atoms. The van der Waals surface area contributed by atoms with Gasteiger partial charge in [-0.2, -0.15) is 13.5 Å². The number of hydrogen-bond acceptors (Lipinski definition) is 5. The lowest BCUT2D eigenvalue weighted by molar-refractivity contribution is 0.468. The summed E-state index contributed by atoms with van der Waals surface area (Å²) in [6.45, 7) is 0. The van der Waals surface area contributed by atoms with Crippen LogP contribution < -0.4 is 11.1 Å². The first-order chi connectivity index (χ1) is 5.90. The SMILES string of the molecule is O=c1[nH]ncn(CS(=O)(=O)O)c1=O. The Kier molecular flexibility index (Phi) is 2.30. The van der Waals surface area contributed by atoms with E-state index in [1.807, 2.05) is 5.10 Å². The van der Waals surface area contributed by atoms with Crippen molar-refractivity contribution in [1.29, 1.82) is 0 Å². The molecule has 0 aliphatic heterocycles. The normalized spacial score (nSPS) is 11.5. The molecule has 72 valence electrons. The molecule has 0 radical (unpaired) electrons. The van der Waals surface area contributed by atoms with Crippen LogP contribution in [0.5, 0.6) is 0 Å². The van der Waals surface area contributed by atoms with Crippen molar-refractivity contribution < 1.29 is 13.0 Å². The summed E-state index contributed by atoms with van der Waals surface area (Å²) in [5, 5.41) is 4.99. The van der Waals surface area contributed by atoms with Gasteiger partial charge in [0.2, 0.25) is 0 Å². The van der Waals surface area contributed by atoms with Crippen LogP contribution in [0, 0.1) is 0 Å². The quantitative estimate of drug-likeness (QED) is 0.418. The summed E-state index contributed by atoms with van der Waals surface area (Å²) in [7, 11) is -4.35. The third-order valence-corrected chi connectivity index (χ3v) is 1.73. The fourth-order valence-corrected chi connectivity index (χ4v) is 1.19. The summed E-state index contributed by atoms with van der Waals surface area (Å²) >= 11 is 0. The molecule has 0 atom stereocenters. The third kappa shape index (κ3) is 2.49. The molecule has 1 rings (SSSR count). The van der Waals surface area contributed by atoms with E-state index in [1.165, 1.54) is 0 Å². The second-order valence-corrected chi connectivity index (χ2v) is 3.59. The van der Waals surface area contributed by atoms with E-state index in [-0.39, 0.29) is 0 Å². The number of nitrogens with one attached hydrogen (secondary N) is 1. The lowest BCUT2D eigenvalue weighted by Gasteiger charge is -1.98. The van der Waals surface area contributed by atoms with Gasteiger partial charge in [0.25, 0.3) is 10.1 Å². The fraction of sp³-hybridized carbons (Fsp3) is 0.250. The maximum atomic E-state index is 10.9. The van der Waals surface area contributed by atoms with Gasteiger partial charge in [-0.25, -0.2) is 5.10 Å². The smallest absolute Gasteiger partial charge is 0.284 e. The predicted octanol–water partition coefficient (Wildman–Crippen LogP) is -2.22. The van der Waals surface area contributed by atoms with Gasteiger partial charge < -0.3 is 0 Å². The van der Waals surface area contributed by atoms with Gasteiger partial charge in [0, 0.05) is 0 Å². The first-order valence-corrected chi connectivity index (χ1v) is 4.60. The zero-order chi connectivity index (χ0) is 10.1. The highest BCUT2D eigenvalue weighted by Gasteiger charge is 2.08. The van der Waals surface area contributed by atoms with Gasteiger partial charge in [-0.15, -0.1) is 0 Å². The first kappa shape index (κ1) is 9.61. The highest BCUT2D eigenvalue weighted by atomic mass is 32.2. The van der Waals surface area contributed by atoms with Crippen LogP contribution in [0.15, 0.2) is 15.9 Å². The van der Waals surface area contributed by atoms with E-state index in [0.717, 1.165) is 6.33 Å². The molecule has 0 aromatic carbocycles. The van der Waals surface area contributed by atoms with Crippen molar-refractivity contribution in [2.24, 2.45) is 0 Å². The number of rotatable bonds is 2. The largest absolute Gasteiger partial charge is 0.330 e. The van der Waals surface area contributed by atoms with Crippen LogP contribution in [0.4, 0.5) is 0 Å². The average Bonchev–Trinajstić information content (AvgIpc) is 1.96. The van der Waals surface area contributed by atoms with Crippen molar-refractivity contribution in [3.63, 3.8) is 0 Å². The molecule has 0 aliphatic rings. The molecule has 0 saturated heterocycles. The zero-order valence-electron chi connectivity index (χ0n) is 6.17. The Morgan fingerprint density at radius 1 is 1.54 bits per heavy atom. The van der Waals surface area contributed by atoms with E-state index >= 15 is 0 Å². The Bertz CT molecular complexity index is 511. The summed E-state index contributed by atoms with van der Waals surface area (Å²) in [6.07, 6.45) is 0.803. The summed E-state index contributed by atoms with van der Waals surface area (Å²) in [5.41, 5.74) is -2.14. The van der Waals surface area contributed by atoms with E-state index in [0.29, 0.717) is 4.57 Å². The average molecular weight is 207 g/mol. The maximum absolute atomic E-state index is 10.9. The molecule has 2 N–H and O–H groups in total. The van der Waals surface area contributed by atoms with E-state index < -0.39 is 27.1 Å². The molecule has 1 aromatic heterocycles. The van der Waals surface area contributed by atoms with E-state index in [1.54, 1.807) is 0 Å². The van der Waals surface area contributed by atoms with Crippen molar-refractivity contribution >= 4 is 10.1 Å². The Morgan fingerprint density at radius 3 is 2.69 bits per heavy atom. The van der Waals surface area contributed by atoms with Gasteiger partial charge in [-0.05, 0) is 0 Å². The fourth-order valence-electron chi connectivity index (χ4n) is 0.656. The molecule has 1 aromatic rings. The molecule has 9 heteroatoms. The molecular weight excluding hydrogens is 202 g/mol.